The third-order valence-corrected chi connectivity index (χ3v) is 1.56. The molecule has 1 atom stereocenters. The van der Waals surface area contributed by atoms with E-state index in [0.717, 1.165) is 0 Å². The SMILES string of the molecule is CC(=O)/C=C/[C@H]1OC1(C)C. The van der Waals surface area contributed by atoms with E-state index in [1.807, 2.05) is 19.9 Å². The van der Waals surface area contributed by atoms with Crippen molar-refractivity contribution in [2.45, 2.75) is 32.5 Å². The lowest BCUT2D eigenvalue weighted by atomic mass is 10.1. The Morgan fingerprint density at radius 2 is 2.10 bits per heavy atom. The van der Waals surface area contributed by atoms with Gasteiger partial charge in [0.15, 0.2) is 5.78 Å². The van der Waals surface area contributed by atoms with Crippen LogP contribution < -0.4 is 0 Å². The maximum absolute atomic E-state index is 10.4. The maximum Gasteiger partial charge on any atom is 0.152 e. The summed E-state index contributed by atoms with van der Waals surface area (Å²) in [5.41, 5.74) is -0.0358. The van der Waals surface area contributed by atoms with Crippen molar-refractivity contribution in [3.8, 4) is 0 Å². The Morgan fingerprint density at radius 3 is 2.40 bits per heavy atom. The molecule has 1 fully saturated rings. The van der Waals surface area contributed by atoms with Crippen LogP contribution in [0.2, 0.25) is 0 Å². The number of rotatable bonds is 2. The van der Waals surface area contributed by atoms with Gasteiger partial charge in [0, 0.05) is 0 Å². The fraction of sp³-hybridized carbons (Fsp3) is 0.625. The molecule has 1 saturated heterocycles. The Kier molecular flexibility index (Phi) is 1.65. The number of carbonyl (C=O) groups is 1. The molecule has 10 heavy (non-hydrogen) atoms. The van der Waals surface area contributed by atoms with Gasteiger partial charge in [0.05, 0.1) is 5.60 Å². The second kappa shape index (κ2) is 2.20. The molecule has 0 aromatic heterocycles. The zero-order valence-corrected chi connectivity index (χ0v) is 6.55. The molecular weight excluding hydrogens is 128 g/mol. The summed E-state index contributed by atoms with van der Waals surface area (Å²) < 4.78 is 5.22. The van der Waals surface area contributed by atoms with Gasteiger partial charge in [0.25, 0.3) is 0 Å². The summed E-state index contributed by atoms with van der Waals surface area (Å²) >= 11 is 0. The first-order valence-electron chi connectivity index (χ1n) is 3.39. The average Bonchev–Trinajstić information content (AvgIpc) is 2.35. The monoisotopic (exact) mass is 140 g/mol. The highest BCUT2D eigenvalue weighted by molar-refractivity contribution is 5.87. The van der Waals surface area contributed by atoms with Gasteiger partial charge in [-0.1, -0.05) is 0 Å². The van der Waals surface area contributed by atoms with Gasteiger partial charge in [0.1, 0.15) is 6.10 Å². The Hall–Kier alpha value is -0.630. The lowest BCUT2D eigenvalue weighted by molar-refractivity contribution is -0.112. The van der Waals surface area contributed by atoms with Crippen LogP contribution >= 0.6 is 0 Å². The van der Waals surface area contributed by atoms with Crippen LogP contribution in [0.3, 0.4) is 0 Å². The Morgan fingerprint density at radius 1 is 1.60 bits per heavy atom. The third-order valence-electron chi connectivity index (χ3n) is 1.56. The molecule has 0 aromatic carbocycles. The summed E-state index contributed by atoms with van der Waals surface area (Å²) in [6.45, 7) is 5.54. The first-order valence-corrected chi connectivity index (χ1v) is 3.39. The minimum absolute atomic E-state index is 0.0358. The minimum Gasteiger partial charge on any atom is -0.362 e. The predicted molar refractivity (Wildman–Crippen MR) is 38.8 cm³/mol. The topological polar surface area (TPSA) is 29.6 Å². The fourth-order valence-corrected chi connectivity index (χ4v) is 0.787. The molecule has 0 radical (unpaired) electrons. The number of allylic oxidation sites excluding steroid dienone is 1. The summed E-state index contributed by atoms with van der Waals surface area (Å²) in [6.07, 6.45) is 3.51. The largest absolute Gasteiger partial charge is 0.362 e. The number of ether oxygens (including phenoxy) is 1. The van der Waals surface area contributed by atoms with Crippen molar-refractivity contribution < 1.29 is 9.53 Å². The maximum atomic E-state index is 10.4. The van der Waals surface area contributed by atoms with E-state index in [4.69, 9.17) is 4.74 Å². The second-order valence-electron chi connectivity index (χ2n) is 3.11. The zero-order chi connectivity index (χ0) is 7.78. The molecule has 1 aliphatic heterocycles. The number of carbonyl (C=O) groups excluding carboxylic acids is 1. The zero-order valence-electron chi connectivity index (χ0n) is 6.55. The van der Waals surface area contributed by atoms with Crippen molar-refractivity contribution in [1.82, 2.24) is 0 Å². The van der Waals surface area contributed by atoms with E-state index in [0.29, 0.717) is 0 Å². The summed E-state index contributed by atoms with van der Waals surface area (Å²) in [5.74, 6) is 0.0753. The van der Waals surface area contributed by atoms with Crippen molar-refractivity contribution in [3.63, 3.8) is 0 Å². The normalized spacial score (nSPS) is 28.9. The summed E-state index contributed by atoms with van der Waals surface area (Å²) in [4.78, 5) is 10.4. The van der Waals surface area contributed by atoms with Crippen LogP contribution in [0.4, 0.5) is 0 Å². The van der Waals surface area contributed by atoms with Crippen molar-refractivity contribution in [3.05, 3.63) is 12.2 Å². The van der Waals surface area contributed by atoms with E-state index < -0.39 is 0 Å². The molecule has 0 N–H and O–H groups in total. The number of ketones is 1. The van der Waals surface area contributed by atoms with E-state index >= 15 is 0 Å². The van der Waals surface area contributed by atoms with Gasteiger partial charge in [0.2, 0.25) is 0 Å². The molecule has 0 saturated carbocycles. The smallest absolute Gasteiger partial charge is 0.152 e. The van der Waals surface area contributed by atoms with Crippen LogP contribution in [-0.4, -0.2) is 17.5 Å². The Balaban J connectivity index is 2.37. The molecule has 0 aliphatic carbocycles. The molecule has 2 nitrogen and oxygen atoms in total. The summed E-state index contributed by atoms with van der Waals surface area (Å²) in [6, 6.07) is 0. The Labute approximate surface area is 60.9 Å². The van der Waals surface area contributed by atoms with Gasteiger partial charge in [-0.3, -0.25) is 4.79 Å². The number of hydrogen-bond donors (Lipinski definition) is 0. The number of hydrogen-bond acceptors (Lipinski definition) is 2. The molecule has 0 aromatic rings. The molecule has 1 rings (SSSR count). The van der Waals surface area contributed by atoms with Crippen molar-refractivity contribution in [2.75, 3.05) is 0 Å². The van der Waals surface area contributed by atoms with Gasteiger partial charge in [-0.05, 0) is 32.9 Å². The lowest BCUT2D eigenvalue weighted by Gasteiger charge is -1.87. The Bertz CT molecular complexity index is 180. The van der Waals surface area contributed by atoms with E-state index in [2.05, 4.69) is 0 Å². The summed E-state index contributed by atoms with van der Waals surface area (Å²) in [5, 5.41) is 0. The molecule has 2 heteroatoms. The van der Waals surface area contributed by atoms with E-state index in [1.165, 1.54) is 6.92 Å². The van der Waals surface area contributed by atoms with E-state index in [-0.39, 0.29) is 17.5 Å². The van der Waals surface area contributed by atoms with Gasteiger partial charge < -0.3 is 4.74 Å². The third kappa shape index (κ3) is 1.67. The quantitative estimate of drug-likeness (QED) is 0.427. The molecule has 1 aliphatic rings. The highest BCUT2D eigenvalue weighted by Gasteiger charge is 2.45. The van der Waals surface area contributed by atoms with Gasteiger partial charge in [-0.2, -0.15) is 0 Å². The van der Waals surface area contributed by atoms with Crippen LogP contribution in [0.25, 0.3) is 0 Å². The molecule has 0 amide bonds. The average molecular weight is 140 g/mol. The number of epoxide rings is 1. The van der Waals surface area contributed by atoms with Crippen LogP contribution in [0.1, 0.15) is 20.8 Å². The van der Waals surface area contributed by atoms with Crippen LogP contribution in [0, 0.1) is 0 Å². The molecular formula is C8H12O2. The molecule has 0 unspecified atom stereocenters. The fourth-order valence-electron chi connectivity index (χ4n) is 0.787. The van der Waals surface area contributed by atoms with E-state index in [9.17, 15) is 4.79 Å². The van der Waals surface area contributed by atoms with Gasteiger partial charge in [-0.25, -0.2) is 0 Å². The minimum atomic E-state index is -0.0358. The molecule has 56 valence electrons. The van der Waals surface area contributed by atoms with Gasteiger partial charge >= 0.3 is 0 Å². The van der Waals surface area contributed by atoms with Crippen LogP contribution in [0.15, 0.2) is 12.2 Å². The van der Waals surface area contributed by atoms with Crippen molar-refractivity contribution >= 4 is 5.78 Å². The first kappa shape index (κ1) is 7.48. The second-order valence-corrected chi connectivity index (χ2v) is 3.11. The highest BCUT2D eigenvalue weighted by atomic mass is 16.6. The standard InChI is InChI=1S/C8H12O2/c1-6(9)4-5-7-8(2,3)10-7/h4-5,7H,1-3H3/b5-4+/t7-/m1/s1. The summed E-state index contributed by atoms with van der Waals surface area (Å²) in [7, 11) is 0. The van der Waals surface area contributed by atoms with E-state index in [1.54, 1.807) is 6.08 Å². The van der Waals surface area contributed by atoms with Crippen molar-refractivity contribution in [1.29, 1.82) is 0 Å². The molecule has 1 heterocycles. The predicted octanol–water partition coefficient (Wildman–Crippen LogP) is 1.31. The van der Waals surface area contributed by atoms with Gasteiger partial charge in [-0.15, -0.1) is 0 Å². The molecule has 0 spiro atoms. The first-order chi connectivity index (χ1) is 4.52. The van der Waals surface area contributed by atoms with Crippen LogP contribution in [0.5, 0.6) is 0 Å². The lowest BCUT2D eigenvalue weighted by Crippen LogP contribution is -1.99. The highest BCUT2D eigenvalue weighted by Crippen LogP contribution is 2.35. The molecule has 0 bridgehead atoms. The van der Waals surface area contributed by atoms with Crippen molar-refractivity contribution in [2.24, 2.45) is 0 Å². The van der Waals surface area contributed by atoms with Crippen LogP contribution in [-0.2, 0) is 9.53 Å².